The van der Waals surface area contributed by atoms with Gasteiger partial charge in [0.25, 0.3) is 5.69 Å². The van der Waals surface area contributed by atoms with Crippen molar-refractivity contribution in [2.75, 3.05) is 0 Å². The maximum atomic E-state index is 12.7. The topological polar surface area (TPSA) is 77.3 Å². The maximum absolute atomic E-state index is 12.7. The van der Waals surface area contributed by atoms with Crippen LogP contribution in [0.5, 0.6) is 0 Å². The van der Waals surface area contributed by atoms with E-state index in [-0.39, 0.29) is 5.56 Å². The molecule has 1 aromatic rings. The molecule has 0 N–H and O–H groups in total. The summed E-state index contributed by atoms with van der Waals surface area (Å²) in [7, 11) is -2.71. The van der Waals surface area contributed by atoms with E-state index in [0.717, 1.165) is 18.2 Å². The molecule has 0 fully saturated rings. The van der Waals surface area contributed by atoms with Gasteiger partial charge in [0.05, 0.1) is 16.7 Å². The molecular formula is C7H6FNO4S. The number of rotatable bonds is 3. The molecule has 0 atom stereocenters. The van der Waals surface area contributed by atoms with Crippen molar-refractivity contribution in [1.29, 1.82) is 0 Å². The number of nitro groups is 1. The number of halogens is 1. The first-order chi connectivity index (χ1) is 6.49. The molecular weight excluding hydrogens is 213 g/mol. The second-order valence-electron chi connectivity index (χ2n) is 2.57. The first-order valence-electron chi connectivity index (χ1n) is 3.54. The number of benzene rings is 1. The van der Waals surface area contributed by atoms with Gasteiger partial charge in [-0.05, 0) is 11.6 Å². The van der Waals surface area contributed by atoms with Gasteiger partial charge in [-0.1, -0.05) is 0 Å². The van der Waals surface area contributed by atoms with E-state index in [2.05, 4.69) is 0 Å². The molecule has 0 radical (unpaired) electrons. The van der Waals surface area contributed by atoms with Crippen molar-refractivity contribution in [3.63, 3.8) is 0 Å². The van der Waals surface area contributed by atoms with Gasteiger partial charge >= 0.3 is 0 Å². The Balaban J connectivity index is 3.13. The summed E-state index contributed by atoms with van der Waals surface area (Å²) in [5.74, 6) is -1.21. The fraction of sp³-hybridized carbons (Fsp3) is 0.143. The van der Waals surface area contributed by atoms with E-state index in [0.29, 0.717) is 0 Å². The molecule has 0 aromatic heterocycles. The zero-order valence-electron chi connectivity index (χ0n) is 6.84. The summed E-state index contributed by atoms with van der Waals surface area (Å²) in [6.07, 6.45) is 0. The van der Waals surface area contributed by atoms with Crippen LogP contribution >= 0.6 is 0 Å². The van der Waals surface area contributed by atoms with Crippen LogP contribution in [0.25, 0.3) is 0 Å². The van der Waals surface area contributed by atoms with Crippen molar-refractivity contribution in [3.05, 3.63) is 39.7 Å². The molecule has 1 rings (SSSR count). The standard InChI is InChI=1S/C7H6FNO4S/c8-6-1-5(4-14(12)13)2-7(3-6)9(10)11/h1-3,14H,4H2. The Labute approximate surface area is 80.3 Å². The Hall–Kier alpha value is -1.50. The lowest BCUT2D eigenvalue weighted by atomic mass is 10.2. The monoisotopic (exact) mass is 219 g/mol. The van der Waals surface area contributed by atoms with E-state index in [1.54, 1.807) is 0 Å². The minimum atomic E-state index is -2.71. The molecule has 5 nitrogen and oxygen atoms in total. The van der Waals surface area contributed by atoms with Gasteiger partial charge < -0.3 is 0 Å². The van der Waals surface area contributed by atoms with Crippen LogP contribution < -0.4 is 0 Å². The summed E-state index contributed by atoms with van der Waals surface area (Å²) in [4.78, 5) is 9.51. The van der Waals surface area contributed by atoms with Gasteiger partial charge in [-0.25, -0.2) is 12.8 Å². The minimum Gasteiger partial charge on any atom is -0.258 e. The van der Waals surface area contributed by atoms with Gasteiger partial charge in [0.2, 0.25) is 0 Å². The van der Waals surface area contributed by atoms with E-state index in [4.69, 9.17) is 0 Å². The third-order valence-electron chi connectivity index (χ3n) is 1.46. The summed E-state index contributed by atoms with van der Waals surface area (Å²) >= 11 is 0. The van der Waals surface area contributed by atoms with E-state index in [9.17, 15) is 22.9 Å². The van der Waals surface area contributed by atoms with Gasteiger partial charge in [-0.15, -0.1) is 0 Å². The van der Waals surface area contributed by atoms with Crippen molar-refractivity contribution >= 4 is 16.4 Å². The summed E-state index contributed by atoms with van der Waals surface area (Å²) in [5.41, 5.74) is -0.371. The molecule has 0 spiro atoms. The molecule has 7 heteroatoms. The van der Waals surface area contributed by atoms with Crippen LogP contribution in [0.15, 0.2) is 18.2 Å². The molecule has 0 aliphatic heterocycles. The Morgan fingerprint density at radius 1 is 1.36 bits per heavy atom. The Bertz CT molecular complexity index is 435. The lowest BCUT2D eigenvalue weighted by molar-refractivity contribution is -0.385. The fourth-order valence-electron chi connectivity index (χ4n) is 0.979. The second kappa shape index (κ2) is 4.14. The summed E-state index contributed by atoms with van der Waals surface area (Å²) in [6.45, 7) is 0. The van der Waals surface area contributed by atoms with Crippen LogP contribution in [0.3, 0.4) is 0 Å². The first-order valence-corrected chi connectivity index (χ1v) is 4.91. The highest BCUT2D eigenvalue weighted by Gasteiger charge is 2.09. The van der Waals surface area contributed by atoms with Gasteiger partial charge in [-0.3, -0.25) is 10.1 Å². The van der Waals surface area contributed by atoms with Gasteiger partial charge in [-0.2, -0.15) is 0 Å². The van der Waals surface area contributed by atoms with Crippen LogP contribution in [0.2, 0.25) is 0 Å². The van der Waals surface area contributed by atoms with Crippen molar-refractivity contribution < 1.29 is 17.7 Å². The molecule has 76 valence electrons. The minimum absolute atomic E-state index is 0.0767. The Kier molecular flexibility index (Phi) is 3.13. The SMILES string of the molecule is O=[N+]([O-])c1cc(F)cc(C[SH](=O)=O)c1. The predicted octanol–water partition coefficient (Wildman–Crippen LogP) is 0.845. The highest BCUT2D eigenvalue weighted by molar-refractivity contribution is 7.71. The molecule has 0 aliphatic carbocycles. The molecule has 0 unspecified atom stereocenters. The highest BCUT2D eigenvalue weighted by atomic mass is 32.2. The van der Waals surface area contributed by atoms with E-state index in [1.165, 1.54) is 0 Å². The predicted molar refractivity (Wildman–Crippen MR) is 47.1 cm³/mol. The molecule has 0 aliphatic rings. The van der Waals surface area contributed by atoms with Crippen LogP contribution in [0.1, 0.15) is 5.56 Å². The lowest BCUT2D eigenvalue weighted by Gasteiger charge is -1.96. The summed E-state index contributed by atoms with van der Waals surface area (Å²) < 4.78 is 33.3. The zero-order valence-corrected chi connectivity index (χ0v) is 7.74. The maximum Gasteiger partial charge on any atom is 0.272 e. The summed E-state index contributed by atoms with van der Waals surface area (Å²) in [5, 5.41) is 10.3. The number of nitro benzene ring substituents is 1. The average molecular weight is 219 g/mol. The normalized spacial score (nSPS) is 10.4. The van der Waals surface area contributed by atoms with Crippen molar-refractivity contribution in [1.82, 2.24) is 0 Å². The number of nitrogens with zero attached hydrogens (tertiary/aromatic N) is 1. The third kappa shape index (κ3) is 2.77. The third-order valence-corrected chi connectivity index (χ3v) is 2.09. The van der Waals surface area contributed by atoms with Crippen LogP contribution in [-0.2, 0) is 16.5 Å². The van der Waals surface area contributed by atoms with E-state index < -0.39 is 32.9 Å². The molecule has 0 heterocycles. The largest absolute Gasteiger partial charge is 0.272 e. The average Bonchev–Trinajstić information content (AvgIpc) is 2.01. The fourth-order valence-corrected chi connectivity index (χ4v) is 1.46. The lowest BCUT2D eigenvalue weighted by Crippen LogP contribution is -1.93. The van der Waals surface area contributed by atoms with Crippen LogP contribution in [0.4, 0.5) is 10.1 Å². The first kappa shape index (κ1) is 10.6. The molecule has 0 bridgehead atoms. The van der Waals surface area contributed by atoms with Crippen molar-refractivity contribution in [3.8, 4) is 0 Å². The van der Waals surface area contributed by atoms with Crippen molar-refractivity contribution in [2.45, 2.75) is 5.75 Å². The van der Waals surface area contributed by atoms with Gasteiger partial charge in [0.1, 0.15) is 16.5 Å². The second-order valence-corrected chi connectivity index (χ2v) is 3.55. The molecule has 0 saturated carbocycles. The quantitative estimate of drug-likeness (QED) is 0.464. The highest BCUT2D eigenvalue weighted by Crippen LogP contribution is 2.16. The van der Waals surface area contributed by atoms with Crippen LogP contribution in [0, 0.1) is 15.9 Å². The van der Waals surface area contributed by atoms with E-state index >= 15 is 0 Å². The Morgan fingerprint density at radius 3 is 2.50 bits per heavy atom. The van der Waals surface area contributed by atoms with Crippen molar-refractivity contribution in [2.24, 2.45) is 0 Å². The molecule has 0 saturated heterocycles. The van der Waals surface area contributed by atoms with E-state index in [1.807, 2.05) is 0 Å². The molecule has 14 heavy (non-hydrogen) atoms. The number of hydrogen-bond donors (Lipinski definition) is 1. The smallest absolute Gasteiger partial charge is 0.258 e. The summed E-state index contributed by atoms with van der Waals surface area (Å²) in [6, 6.07) is 2.73. The Morgan fingerprint density at radius 2 is 2.00 bits per heavy atom. The number of thiol groups is 1. The number of hydrogen-bond acceptors (Lipinski definition) is 4. The zero-order chi connectivity index (χ0) is 10.7. The molecule has 1 aromatic carbocycles. The van der Waals surface area contributed by atoms with Crippen LogP contribution in [-0.4, -0.2) is 13.3 Å². The number of non-ortho nitro benzene ring substituents is 1. The van der Waals surface area contributed by atoms with Gasteiger partial charge in [0, 0.05) is 6.07 Å². The molecule has 0 amide bonds. The van der Waals surface area contributed by atoms with Gasteiger partial charge in [0.15, 0.2) is 0 Å².